The lowest BCUT2D eigenvalue weighted by atomic mass is 10.0. The minimum atomic E-state index is -0.0123. The summed E-state index contributed by atoms with van der Waals surface area (Å²) in [7, 11) is -0.0123. The highest BCUT2D eigenvalue weighted by Crippen LogP contribution is 2.46. The smallest absolute Gasteiger partial charge is 0.235 e. The Hall–Kier alpha value is -5.52. The third kappa shape index (κ3) is 3.11. The largest absolute Gasteiger partial charge is 0.454 e. The zero-order valence-corrected chi connectivity index (χ0v) is 24.6. The molecule has 0 saturated heterocycles. The van der Waals surface area contributed by atoms with Crippen molar-refractivity contribution >= 4 is 85.3 Å². The number of fused-ring (bicyclic) bond motifs is 12. The third-order valence-corrected chi connectivity index (χ3v) is 11.1. The summed E-state index contributed by atoms with van der Waals surface area (Å²) in [5.74, 6) is 0.636. The average Bonchev–Trinajstić information content (AvgIpc) is 3.72. The molecule has 0 aliphatic rings. The summed E-state index contributed by atoms with van der Waals surface area (Å²) in [6, 6.07) is 44.9. The number of thiophene rings is 1. The zero-order valence-electron chi connectivity index (χ0n) is 23.8. The van der Waals surface area contributed by atoms with Gasteiger partial charge in [-0.3, -0.25) is 4.57 Å². The van der Waals surface area contributed by atoms with Gasteiger partial charge in [0.2, 0.25) is 5.95 Å². The van der Waals surface area contributed by atoms with Crippen molar-refractivity contribution < 1.29 is 4.42 Å². The van der Waals surface area contributed by atoms with Gasteiger partial charge in [-0.05, 0) is 46.9 Å². The number of rotatable bonds is 2. The Morgan fingerprint density at radius 1 is 0.568 bits per heavy atom. The quantitative estimate of drug-likeness (QED) is 0.190. The fraction of sp³-hybridized carbons (Fsp3) is 0.0256. The van der Waals surface area contributed by atoms with Crippen LogP contribution < -0.4 is 0 Å². The van der Waals surface area contributed by atoms with Crippen molar-refractivity contribution in [3.05, 3.63) is 127 Å². The molecule has 6 aromatic carbocycles. The molecular weight excluding hydrogens is 559 g/mol. The molecule has 0 saturated carbocycles. The molecule has 0 radical (unpaired) electrons. The maximum atomic E-state index is 6.60. The lowest BCUT2D eigenvalue weighted by Crippen LogP contribution is -2.03. The topological polar surface area (TPSA) is 43.9 Å². The van der Waals surface area contributed by atoms with Crippen LogP contribution in [0.4, 0.5) is 0 Å². The number of aryl methyl sites for hydroxylation is 1. The summed E-state index contributed by atoms with van der Waals surface area (Å²) in [6.07, 6.45) is 2.32. The Balaban J connectivity index is 1.41. The van der Waals surface area contributed by atoms with Crippen molar-refractivity contribution in [2.24, 2.45) is 6.26 Å². The first-order chi connectivity index (χ1) is 21.8. The van der Waals surface area contributed by atoms with Crippen molar-refractivity contribution in [2.45, 2.75) is 0 Å². The number of furan rings is 1. The SMILES string of the molecule is C[s+]1c2ccccc2c2c3c(-c4ccccc4)nc(-n4c5ccccc5c5ccc6c7ccccc7oc6c54)nc3ccc21. The van der Waals surface area contributed by atoms with E-state index in [2.05, 4.69) is 126 Å². The maximum Gasteiger partial charge on any atom is 0.235 e. The summed E-state index contributed by atoms with van der Waals surface area (Å²) in [4.78, 5) is 10.8. The Morgan fingerprint density at radius 2 is 1.30 bits per heavy atom. The van der Waals surface area contributed by atoms with Crippen molar-refractivity contribution in [3.8, 4) is 17.2 Å². The van der Waals surface area contributed by atoms with Gasteiger partial charge in [0.15, 0.2) is 15.0 Å². The Labute approximate surface area is 254 Å². The highest BCUT2D eigenvalue weighted by molar-refractivity contribution is 7.41. The number of nitrogens with zero attached hydrogens (tertiary/aromatic N) is 3. The van der Waals surface area contributed by atoms with Crippen molar-refractivity contribution in [2.75, 3.05) is 0 Å². The standard InChI is InChI=1S/C39H24N3OS/c1-44-32-18-10-7-15-28(32)34-33(44)22-21-29-35(34)36(23-11-3-2-4-12-23)41-39(40-29)42-30-16-8-5-13-24(30)26-19-20-27-25-14-6-9-17-31(25)43-38(27)37(26)42/h2-22H,1H3/q+1. The van der Waals surface area contributed by atoms with Gasteiger partial charge in [0.25, 0.3) is 0 Å². The number of hydrogen-bond donors (Lipinski definition) is 0. The molecule has 4 heterocycles. The summed E-state index contributed by atoms with van der Waals surface area (Å²) >= 11 is 0. The number of aromatic nitrogens is 3. The van der Waals surface area contributed by atoms with Gasteiger partial charge in [-0.25, -0.2) is 9.97 Å². The van der Waals surface area contributed by atoms with E-state index < -0.39 is 0 Å². The summed E-state index contributed by atoms with van der Waals surface area (Å²) in [5.41, 5.74) is 6.71. The van der Waals surface area contributed by atoms with Gasteiger partial charge in [0, 0.05) is 43.9 Å². The predicted octanol–water partition coefficient (Wildman–Crippen LogP) is 10.9. The summed E-state index contributed by atoms with van der Waals surface area (Å²) < 4.78 is 11.5. The normalized spacial score (nSPS) is 12.6. The van der Waals surface area contributed by atoms with Gasteiger partial charge < -0.3 is 4.42 Å². The first-order valence-corrected chi connectivity index (χ1v) is 16.4. The lowest BCUT2D eigenvalue weighted by molar-refractivity contribution is 0.671. The van der Waals surface area contributed by atoms with Crippen LogP contribution in [0.25, 0.3) is 92.0 Å². The summed E-state index contributed by atoms with van der Waals surface area (Å²) in [6.45, 7) is 0. The van der Waals surface area contributed by atoms with Gasteiger partial charge >= 0.3 is 0 Å². The van der Waals surface area contributed by atoms with E-state index in [1.54, 1.807) is 0 Å². The van der Waals surface area contributed by atoms with E-state index in [0.29, 0.717) is 5.95 Å². The van der Waals surface area contributed by atoms with Crippen molar-refractivity contribution in [3.63, 3.8) is 0 Å². The number of benzene rings is 6. The fourth-order valence-corrected chi connectivity index (χ4v) is 8.93. The van der Waals surface area contributed by atoms with Crippen LogP contribution in [0, 0.1) is 0 Å². The predicted molar refractivity (Wildman–Crippen MR) is 185 cm³/mol. The highest BCUT2D eigenvalue weighted by atomic mass is 32.2. The van der Waals surface area contributed by atoms with E-state index >= 15 is 0 Å². The molecular formula is C39H24N3OS+. The van der Waals surface area contributed by atoms with E-state index in [0.717, 1.165) is 65.9 Å². The minimum Gasteiger partial charge on any atom is -0.454 e. The first kappa shape index (κ1) is 24.0. The molecule has 10 rings (SSSR count). The molecule has 0 spiro atoms. The van der Waals surface area contributed by atoms with Gasteiger partial charge in [0.1, 0.15) is 17.4 Å². The maximum absolute atomic E-state index is 6.60. The van der Waals surface area contributed by atoms with Crippen LogP contribution in [0.3, 0.4) is 0 Å². The molecule has 206 valence electrons. The Kier molecular flexibility index (Phi) is 4.77. The van der Waals surface area contributed by atoms with Crippen molar-refractivity contribution in [1.29, 1.82) is 0 Å². The van der Waals surface area contributed by atoms with E-state index in [1.807, 2.05) is 12.1 Å². The second-order valence-electron chi connectivity index (χ2n) is 11.4. The van der Waals surface area contributed by atoms with E-state index in [1.165, 1.54) is 20.2 Å². The first-order valence-electron chi connectivity index (χ1n) is 14.8. The lowest BCUT2D eigenvalue weighted by Gasteiger charge is -2.12. The molecule has 0 N–H and O–H groups in total. The molecule has 0 fully saturated rings. The molecule has 1 atom stereocenters. The Morgan fingerprint density at radius 3 is 2.18 bits per heavy atom. The molecule has 1 unspecified atom stereocenters. The Bertz CT molecular complexity index is 2790. The molecule has 10 aromatic rings. The molecule has 44 heavy (non-hydrogen) atoms. The van der Waals surface area contributed by atoms with E-state index in [-0.39, 0.29) is 10.5 Å². The monoisotopic (exact) mass is 582 g/mol. The van der Waals surface area contributed by atoms with Crippen molar-refractivity contribution in [1.82, 2.24) is 14.5 Å². The number of para-hydroxylation sites is 2. The highest BCUT2D eigenvalue weighted by Gasteiger charge is 2.25. The second-order valence-corrected chi connectivity index (χ2v) is 13.3. The second kappa shape index (κ2) is 8.75. The number of hydrogen-bond acceptors (Lipinski definition) is 3. The van der Waals surface area contributed by atoms with Crippen LogP contribution in [0.2, 0.25) is 0 Å². The molecule has 0 aliphatic heterocycles. The molecule has 5 heteroatoms. The van der Waals surface area contributed by atoms with Crippen LogP contribution in [-0.2, 0) is 6.26 Å². The minimum absolute atomic E-state index is 0.0123. The van der Waals surface area contributed by atoms with Crippen LogP contribution in [0.15, 0.2) is 132 Å². The van der Waals surface area contributed by atoms with Crippen LogP contribution in [-0.4, -0.2) is 14.5 Å². The van der Waals surface area contributed by atoms with Gasteiger partial charge in [-0.2, -0.15) is 0 Å². The van der Waals surface area contributed by atoms with Crippen LogP contribution >= 0.6 is 10.5 Å². The average molecular weight is 583 g/mol. The van der Waals surface area contributed by atoms with E-state index in [9.17, 15) is 0 Å². The molecule has 0 aliphatic carbocycles. The van der Waals surface area contributed by atoms with Gasteiger partial charge in [-0.1, -0.05) is 84.9 Å². The van der Waals surface area contributed by atoms with Gasteiger partial charge in [0.05, 0.1) is 22.1 Å². The van der Waals surface area contributed by atoms with E-state index in [4.69, 9.17) is 14.4 Å². The van der Waals surface area contributed by atoms with Gasteiger partial charge in [-0.15, -0.1) is 0 Å². The third-order valence-electron chi connectivity index (χ3n) is 9.06. The zero-order chi connectivity index (χ0) is 28.9. The molecule has 4 aromatic heterocycles. The van der Waals surface area contributed by atoms with Crippen LogP contribution in [0.5, 0.6) is 0 Å². The molecule has 4 nitrogen and oxygen atoms in total. The fourth-order valence-electron chi connectivity index (χ4n) is 7.12. The van der Waals surface area contributed by atoms with Crippen LogP contribution in [0.1, 0.15) is 0 Å². The molecule has 0 bridgehead atoms. The molecule has 0 amide bonds. The summed E-state index contributed by atoms with van der Waals surface area (Å²) in [5, 5.41) is 8.11.